The lowest BCUT2D eigenvalue weighted by molar-refractivity contribution is 0.457. The van der Waals surface area contributed by atoms with Crippen LogP contribution in [0.2, 0.25) is 5.02 Å². The second-order valence-electron chi connectivity index (χ2n) is 5.21. The van der Waals surface area contributed by atoms with Crippen LogP contribution in [0.15, 0.2) is 53.5 Å². The second kappa shape index (κ2) is 6.11. The van der Waals surface area contributed by atoms with Crippen LogP contribution in [0, 0.1) is 0 Å². The molecule has 2 heterocycles. The van der Waals surface area contributed by atoms with Gasteiger partial charge in [-0.3, -0.25) is 4.99 Å². The Balaban J connectivity index is 1.62. The maximum atomic E-state index is 10.1. The van der Waals surface area contributed by atoms with E-state index in [4.69, 9.17) is 11.6 Å². The van der Waals surface area contributed by atoms with Gasteiger partial charge in [0.2, 0.25) is 5.88 Å². The molecule has 24 heavy (non-hydrogen) atoms. The number of aliphatic imine (C=N–C) groups is 1. The van der Waals surface area contributed by atoms with Gasteiger partial charge in [-0.05, 0) is 36.4 Å². The summed E-state index contributed by atoms with van der Waals surface area (Å²) in [6.45, 7) is 0. The molecule has 0 aliphatic carbocycles. The van der Waals surface area contributed by atoms with Crippen molar-refractivity contribution in [3.63, 3.8) is 0 Å². The average Bonchev–Trinajstić information content (AvgIpc) is 3.14. The highest BCUT2D eigenvalue weighted by molar-refractivity contribution is 7.16. The van der Waals surface area contributed by atoms with Crippen LogP contribution >= 0.6 is 22.9 Å². The van der Waals surface area contributed by atoms with Gasteiger partial charge in [-0.25, -0.2) is 0 Å². The number of hydrogen-bond acceptors (Lipinski definition) is 5. The summed E-state index contributed by atoms with van der Waals surface area (Å²) in [6, 6.07) is 15.2. The number of nitrogens with one attached hydrogen (secondary N) is 1. The van der Waals surface area contributed by atoms with Crippen molar-refractivity contribution in [3.8, 4) is 5.88 Å². The van der Waals surface area contributed by atoms with Crippen molar-refractivity contribution in [2.24, 2.45) is 4.99 Å². The summed E-state index contributed by atoms with van der Waals surface area (Å²) < 4.78 is 0. The fourth-order valence-corrected chi connectivity index (χ4v) is 3.38. The second-order valence-corrected chi connectivity index (χ2v) is 6.68. The predicted molar refractivity (Wildman–Crippen MR) is 101 cm³/mol. The number of allylic oxidation sites excluding steroid dienone is 1. The highest BCUT2D eigenvalue weighted by Crippen LogP contribution is 2.37. The summed E-state index contributed by atoms with van der Waals surface area (Å²) in [5, 5.41) is 14.6. The molecule has 0 saturated carbocycles. The van der Waals surface area contributed by atoms with Crippen LogP contribution in [-0.4, -0.2) is 16.3 Å². The van der Waals surface area contributed by atoms with Gasteiger partial charge in [-0.1, -0.05) is 41.1 Å². The Hall–Kier alpha value is -2.63. The minimum absolute atomic E-state index is 0.00162. The summed E-state index contributed by atoms with van der Waals surface area (Å²) in [5.74, 6) is 0.00162. The monoisotopic (exact) mass is 353 g/mol. The highest BCUT2D eigenvalue weighted by Gasteiger charge is 2.14. The quantitative estimate of drug-likeness (QED) is 0.653. The minimum Gasteiger partial charge on any atom is -0.492 e. The first-order valence-corrected chi connectivity index (χ1v) is 8.46. The van der Waals surface area contributed by atoms with Crippen LogP contribution in [0.1, 0.15) is 10.4 Å². The summed E-state index contributed by atoms with van der Waals surface area (Å²) in [6.07, 6.45) is 3.70. The zero-order chi connectivity index (χ0) is 16.5. The maximum absolute atomic E-state index is 10.1. The Bertz CT molecular complexity index is 961. The number of thiazole rings is 1. The molecule has 4 nitrogen and oxygen atoms in total. The standard InChI is InChI=1S/C18H12ClN3OS/c19-12-5-7-13(8-6-12)21-18-22-17(23)16(24-18)9-11-10-20-15-4-2-1-3-14(11)15/h1-10,23H,(H,21,22). The third-order valence-corrected chi connectivity index (χ3v) is 4.73. The predicted octanol–water partition coefficient (Wildman–Crippen LogP) is 5.50. The molecule has 1 aliphatic heterocycles. The molecule has 3 aromatic rings. The average molecular weight is 354 g/mol. The number of rotatable bonds is 3. The van der Waals surface area contributed by atoms with E-state index in [1.807, 2.05) is 42.5 Å². The molecule has 0 atom stereocenters. The Morgan fingerprint density at radius 1 is 1.08 bits per heavy atom. The molecule has 0 spiro atoms. The van der Waals surface area contributed by atoms with E-state index >= 15 is 0 Å². The van der Waals surface area contributed by atoms with E-state index in [0.29, 0.717) is 15.0 Å². The fraction of sp³-hybridized carbons (Fsp3) is 0. The lowest BCUT2D eigenvalue weighted by Crippen LogP contribution is -1.87. The SMILES string of the molecule is Oc1nc(Nc2ccc(Cl)cc2)sc1C=C1C=Nc2ccccc21. The zero-order valence-corrected chi connectivity index (χ0v) is 14.0. The van der Waals surface area contributed by atoms with Crippen molar-refractivity contribution in [1.29, 1.82) is 0 Å². The molecular formula is C18H12ClN3OS. The van der Waals surface area contributed by atoms with E-state index in [-0.39, 0.29) is 5.88 Å². The van der Waals surface area contributed by atoms with Gasteiger partial charge in [0, 0.05) is 28.1 Å². The van der Waals surface area contributed by atoms with Crippen LogP contribution in [0.4, 0.5) is 16.5 Å². The molecule has 6 heteroatoms. The van der Waals surface area contributed by atoms with Gasteiger partial charge < -0.3 is 10.4 Å². The molecule has 4 rings (SSSR count). The summed E-state index contributed by atoms with van der Waals surface area (Å²) in [4.78, 5) is 9.22. The number of benzene rings is 2. The molecule has 0 unspecified atom stereocenters. The Morgan fingerprint density at radius 3 is 2.71 bits per heavy atom. The molecule has 0 fully saturated rings. The normalized spacial score (nSPS) is 14.1. The van der Waals surface area contributed by atoms with Crippen molar-refractivity contribution in [2.45, 2.75) is 0 Å². The molecular weight excluding hydrogens is 342 g/mol. The van der Waals surface area contributed by atoms with Gasteiger partial charge in [0.05, 0.1) is 10.6 Å². The van der Waals surface area contributed by atoms with E-state index in [9.17, 15) is 5.11 Å². The lowest BCUT2D eigenvalue weighted by atomic mass is 10.1. The van der Waals surface area contributed by atoms with Gasteiger partial charge in [0.15, 0.2) is 5.13 Å². The molecule has 1 aromatic heterocycles. The number of hydrogen-bond donors (Lipinski definition) is 2. The Morgan fingerprint density at radius 2 is 1.88 bits per heavy atom. The maximum Gasteiger partial charge on any atom is 0.231 e. The first-order valence-electron chi connectivity index (χ1n) is 7.26. The van der Waals surface area contributed by atoms with Crippen molar-refractivity contribution in [3.05, 3.63) is 64.0 Å². The van der Waals surface area contributed by atoms with E-state index < -0.39 is 0 Å². The van der Waals surface area contributed by atoms with Crippen LogP contribution in [-0.2, 0) is 0 Å². The number of anilines is 2. The smallest absolute Gasteiger partial charge is 0.231 e. The molecule has 0 amide bonds. The third-order valence-electron chi connectivity index (χ3n) is 3.57. The van der Waals surface area contributed by atoms with Crippen molar-refractivity contribution < 1.29 is 5.11 Å². The van der Waals surface area contributed by atoms with Crippen molar-refractivity contribution in [1.82, 2.24) is 4.98 Å². The van der Waals surface area contributed by atoms with E-state index in [1.165, 1.54) is 11.3 Å². The van der Waals surface area contributed by atoms with E-state index in [1.54, 1.807) is 18.3 Å². The zero-order valence-electron chi connectivity index (χ0n) is 12.4. The number of aromatic nitrogens is 1. The van der Waals surface area contributed by atoms with Gasteiger partial charge in [0.25, 0.3) is 0 Å². The van der Waals surface area contributed by atoms with Gasteiger partial charge in [-0.2, -0.15) is 4.98 Å². The highest BCUT2D eigenvalue weighted by atomic mass is 35.5. The van der Waals surface area contributed by atoms with Gasteiger partial charge in [-0.15, -0.1) is 0 Å². The molecule has 0 saturated heterocycles. The number of halogens is 1. The molecule has 2 N–H and O–H groups in total. The van der Waals surface area contributed by atoms with E-state index in [0.717, 1.165) is 22.5 Å². The number of nitrogens with zero attached hydrogens (tertiary/aromatic N) is 2. The van der Waals surface area contributed by atoms with E-state index in [2.05, 4.69) is 15.3 Å². The molecule has 0 bridgehead atoms. The molecule has 2 aromatic carbocycles. The van der Waals surface area contributed by atoms with Gasteiger partial charge in [0.1, 0.15) is 0 Å². The van der Waals surface area contributed by atoms with Crippen LogP contribution in [0.5, 0.6) is 5.88 Å². The fourth-order valence-electron chi connectivity index (χ4n) is 2.42. The third kappa shape index (κ3) is 2.91. The molecule has 1 aliphatic rings. The van der Waals surface area contributed by atoms with Crippen molar-refractivity contribution >= 4 is 57.3 Å². The first kappa shape index (κ1) is 14.9. The number of aromatic hydroxyl groups is 1. The van der Waals surface area contributed by atoms with Crippen LogP contribution < -0.4 is 5.32 Å². The molecule has 118 valence electrons. The summed E-state index contributed by atoms with van der Waals surface area (Å²) >= 11 is 7.26. The minimum atomic E-state index is 0.00162. The largest absolute Gasteiger partial charge is 0.492 e. The number of para-hydroxylation sites is 1. The Kier molecular flexibility index (Phi) is 3.80. The molecule has 0 radical (unpaired) electrons. The summed E-state index contributed by atoms with van der Waals surface area (Å²) in [5.41, 5.74) is 3.81. The first-order chi connectivity index (χ1) is 11.7. The lowest BCUT2D eigenvalue weighted by Gasteiger charge is -2.01. The summed E-state index contributed by atoms with van der Waals surface area (Å²) in [7, 11) is 0. The van der Waals surface area contributed by atoms with Crippen LogP contribution in [0.3, 0.4) is 0 Å². The topological polar surface area (TPSA) is 57.5 Å². The van der Waals surface area contributed by atoms with Crippen molar-refractivity contribution in [2.75, 3.05) is 5.32 Å². The number of fused-ring (bicyclic) bond motifs is 1. The van der Waals surface area contributed by atoms with Crippen LogP contribution in [0.25, 0.3) is 11.6 Å². The van der Waals surface area contributed by atoms with Gasteiger partial charge >= 0.3 is 0 Å². The Labute approximate surface area is 147 Å².